The second-order valence-corrected chi connectivity index (χ2v) is 15.2. The third-order valence-corrected chi connectivity index (χ3v) is 11.5. The van der Waals surface area contributed by atoms with Crippen molar-refractivity contribution in [3.8, 4) is 73.8 Å². The summed E-state index contributed by atoms with van der Waals surface area (Å²) in [6, 6.07) is 70.3. The number of aromatic nitrogens is 6. The highest BCUT2D eigenvalue weighted by Gasteiger charge is 2.23. The summed E-state index contributed by atoms with van der Waals surface area (Å²) in [5.41, 5.74) is 11.5. The van der Waals surface area contributed by atoms with Gasteiger partial charge in [-0.3, -0.25) is 0 Å². The monoisotopic (exact) mass is 794 g/mol. The van der Waals surface area contributed by atoms with Crippen LogP contribution in [0.2, 0.25) is 0 Å². The lowest BCUT2D eigenvalue weighted by Gasteiger charge is -2.16. The summed E-state index contributed by atoms with van der Waals surface area (Å²) in [6.07, 6.45) is 0. The molecular weight excluding hydrogens is 761 g/mol. The highest BCUT2D eigenvalue weighted by Crippen LogP contribution is 2.40. The van der Waals surface area contributed by atoms with Gasteiger partial charge in [0.25, 0.3) is 0 Å². The SMILES string of the molecule is c1ccc(-c2cc(-c3ccccc3)nc(-c3ccc(-n4c5ccccc5c5ccccc54)c(-c4nc(-c5ccccc5)nc(-c5cccc6c5oc5ccccc56)n4)c3)n2)cc1. The smallest absolute Gasteiger partial charge is 0.167 e. The van der Waals surface area contributed by atoms with E-state index < -0.39 is 0 Å². The first kappa shape index (κ1) is 35.4. The standard InChI is InChI=1S/C55H34N6O/c1-4-17-35(18-5-1)45-34-46(36-19-6-2-7-20-36)57-53(56-45)38-31-32-49(61-47-28-13-10-23-39(47)40-24-11-14-29-48(40)61)44(33-38)55-59-52(37-21-8-3-9-22-37)58-54(60-55)43-27-16-26-42-41-25-12-15-30-50(41)62-51(42)43/h1-34H. The molecule has 8 aromatic carbocycles. The Bertz CT molecular complexity index is 3520. The van der Waals surface area contributed by atoms with Crippen molar-refractivity contribution in [1.29, 1.82) is 0 Å². The van der Waals surface area contributed by atoms with Gasteiger partial charge in [-0.05, 0) is 48.5 Å². The van der Waals surface area contributed by atoms with E-state index in [4.69, 9.17) is 29.3 Å². The highest BCUT2D eigenvalue weighted by molar-refractivity contribution is 6.10. The summed E-state index contributed by atoms with van der Waals surface area (Å²) in [7, 11) is 0. The average Bonchev–Trinajstić information content (AvgIpc) is 3.90. The molecule has 0 saturated heterocycles. The van der Waals surface area contributed by atoms with Crippen LogP contribution in [-0.2, 0) is 0 Å². The van der Waals surface area contributed by atoms with Gasteiger partial charge in [0.1, 0.15) is 11.2 Å². The Morgan fingerprint density at radius 3 is 1.47 bits per heavy atom. The van der Waals surface area contributed by atoms with Crippen molar-refractivity contribution in [2.24, 2.45) is 0 Å². The second kappa shape index (κ2) is 14.6. The van der Waals surface area contributed by atoms with Crippen molar-refractivity contribution < 1.29 is 4.42 Å². The number of furan rings is 1. The van der Waals surface area contributed by atoms with Crippen molar-refractivity contribution in [2.75, 3.05) is 0 Å². The van der Waals surface area contributed by atoms with Gasteiger partial charge in [-0.1, -0.05) is 158 Å². The fourth-order valence-electron chi connectivity index (χ4n) is 8.58. The first-order valence-electron chi connectivity index (χ1n) is 20.6. The Morgan fingerprint density at radius 1 is 0.323 bits per heavy atom. The molecule has 0 radical (unpaired) electrons. The van der Waals surface area contributed by atoms with E-state index in [1.54, 1.807) is 0 Å². The first-order valence-corrected chi connectivity index (χ1v) is 20.6. The Labute approximate surface area is 356 Å². The predicted octanol–water partition coefficient (Wildman–Crippen LogP) is 13.7. The third-order valence-electron chi connectivity index (χ3n) is 11.5. The summed E-state index contributed by atoms with van der Waals surface area (Å²) in [4.78, 5) is 26.3. The van der Waals surface area contributed by atoms with Crippen LogP contribution in [0.25, 0.3) is 117 Å². The predicted molar refractivity (Wildman–Crippen MR) is 250 cm³/mol. The molecule has 0 aliphatic rings. The van der Waals surface area contributed by atoms with Gasteiger partial charge in [0.05, 0.1) is 33.7 Å². The van der Waals surface area contributed by atoms with Gasteiger partial charge < -0.3 is 8.98 Å². The van der Waals surface area contributed by atoms with Gasteiger partial charge >= 0.3 is 0 Å². The van der Waals surface area contributed by atoms with E-state index in [1.165, 1.54) is 0 Å². The molecule has 0 saturated carbocycles. The first-order chi connectivity index (χ1) is 30.7. The van der Waals surface area contributed by atoms with Gasteiger partial charge in [0.2, 0.25) is 0 Å². The number of nitrogens with zero attached hydrogens (tertiary/aromatic N) is 6. The molecule has 62 heavy (non-hydrogen) atoms. The van der Waals surface area contributed by atoms with E-state index in [-0.39, 0.29) is 0 Å². The second-order valence-electron chi connectivity index (χ2n) is 15.2. The van der Waals surface area contributed by atoms with E-state index in [9.17, 15) is 0 Å². The molecule has 0 amide bonds. The molecule has 4 heterocycles. The van der Waals surface area contributed by atoms with Gasteiger partial charge in [0.15, 0.2) is 23.3 Å². The molecule has 0 spiro atoms. The van der Waals surface area contributed by atoms with Gasteiger partial charge in [0, 0.05) is 49.4 Å². The lowest BCUT2D eigenvalue weighted by molar-refractivity contribution is 0.669. The number of rotatable bonds is 7. The van der Waals surface area contributed by atoms with E-state index in [2.05, 4.69) is 114 Å². The summed E-state index contributed by atoms with van der Waals surface area (Å²) < 4.78 is 8.87. The van der Waals surface area contributed by atoms with E-state index in [0.717, 1.165) is 94.2 Å². The van der Waals surface area contributed by atoms with Crippen LogP contribution in [0, 0.1) is 0 Å². The topological polar surface area (TPSA) is 82.5 Å². The molecule has 12 rings (SSSR count). The molecule has 12 aromatic rings. The Morgan fingerprint density at radius 2 is 0.823 bits per heavy atom. The van der Waals surface area contributed by atoms with Crippen LogP contribution in [0.4, 0.5) is 0 Å². The molecule has 0 aliphatic carbocycles. The largest absolute Gasteiger partial charge is 0.455 e. The molecular formula is C55H34N6O. The van der Waals surface area contributed by atoms with E-state index >= 15 is 0 Å². The number of benzene rings is 8. The number of fused-ring (bicyclic) bond motifs is 6. The van der Waals surface area contributed by atoms with Gasteiger partial charge in [-0.15, -0.1) is 0 Å². The normalized spacial score (nSPS) is 11.5. The third kappa shape index (κ3) is 6.02. The summed E-state index contributed by atoms with van der Waals surface area (Å²) in [6.45, 7) is 0. The molecule has 4 aromatic heterocycles. The average molecular weight is 795 g/mol. The van der Waals surface area contributed by atoms with Crippen molar-refractivity contribution in [3.05, 3.63) is 206 Å². The maximum atomic E-state index is 6.56. The van der Waals surface area contributed by atoms with Crippen LogP contribution in [0.1, 0.15) is 0 Å². The molecule has 7 nitrogen and oxygen atoms in total. The van der Waals surface area contributed by atoms with Crippen molar-refractivity contribution in [3.63, 3.8) is 0 Å². The van der Waals surface area contributed by atoms with E-state index in [0.29, 0.717) is 23.3 Å². The molecule has 0 fully saturated rings. The Balaban J connectivity index is 1.16. The van der Waals surface area contributed by atoms with Crippen molar-refractivity contribution in [1.82, 2.24) is 29.5 Å². The minimum atomic E-state index is 0.503. The number of hydrogen-bond donors (Lipinski definition) is 0. The quantitative estimate of drug-likeness (QED) is 0.160. The van der Waals surface area contributed by atoms with Crippen molar-refractivity contribution in [2.45, 2.75) is 0 Å². The summed E-state index contributed by atoms with van der Waals surface area (Å²) in [5.74, 6) is 2.14. The van der Waals surface area contributed by atoms with Crippen LogP contribution in [0.15, 0.2) is 211 Å². The molecule has 0 N–H and O–H groups in total. The fraction of sp³-hybridized carbons (Fsp3) is 0. The number of hydrogen-bond acceptors (Lipinski definition) is 6. The van der Waals surface area contributed by atoms with E-state index in [1.807, 2.05) is 97.1 Å². The molecule has 290 valence electrons. The van der Waals surface area contributed by atoms with Crippen LogP contribution in [0.3, 0.4) is 0 Å². The maximum Gasteiger partial charge on any atom is 0.167 e. The summed E-state index contributed by atoms with van der Waals surface area (Å²) in [5, 5.41) is 4.35. The minimum absolute atomic E-state index is 0.503. The van der Waals surface area contributed by atoms with Gasteiger partial charge in [-0.2, -0.15) is 0 Å². The van der Waals surface area contributed by atoms with Crippen LogP contribution >= 0.6 is 0 Å². The van der Waals surface area contributed by atoms with Crippen LogP contribution in [0.5, 0.6) is 0 Å². The zero-order valence-corrected chi connectivity index (χ0v) is 33.2. The zero-order chi connectivity index (χ0) is 41.0. The minimum Gasteiger partial charge on any atom is -0.455 e. The lowest BCUT2D eigenvalue weighted by Crippen LogP contribution is -2.04. The molecule has 0 unspecified atom stereocenters. The van der Waals surface area contributed by atoms with Gasteiger partial charge in [-0.25, -0.2) is 24.9 Å². The van der Waals surface area contributed by atoms with Crippen LogP contribution < -0.4 is 0 Å². The molecule has 7 heteroatoms. The van der Waals surface area contributed by atoms with Crippen molar-refractivity contribution >= 4 is 43.7 Å². The lowest BCUT2D eigenvalue weighted by atomic mass is 10.0. The Hall–Kier alpha value is -8.55. The molecule has 0 aliphatic heterocycles. The van der Waals surface area contributed by atoms with Crippen LogP contribution in [-0.4, -0.2) is 29.5 Å². The maximum absolute atomic E-state index is 6.56. The Kier molecular flexibility index (Phi) is 8.35. The molecule has 0 atom stereocenters. The molecule has 0 bridgehead atoms. The highest BCUT2D eigenvalue weighted by atomic mass is 16.3. The summed E-state index contributed by atoms with van der Waals surface area (Å²) >= 11 is 0. The number of para-hydroxylation sites is 4. The fourth-order valence-corrected chi connectivity index (χ4v) is 8.58. The zero-order valence-electron chi connectivity index (χ0n) is 33.2.